The van der Waals surface area contributed by atoms with Crippen LogP contribution in [0, 0.1) is 5.92 Å². The molecule has 1 aliphatic rings. The van der Waals surface area contributed by atoms with Crippen LogP contribution in [0.1, 0.15) is 26.3 Å². The van der Waals surface area contributed by atoms with E-state index >= 15 is 0 Å². The summed E-state index contributed by atoms with van der Waals surface area (Å²) < 4.78 is 76.4. The highest BCUT2D eigenvalue weighted by Gasteiger charge is 2.35. The summed E-state index contributed by atoms with van der Waals surface area (Å²) >= 11 is 0. The Kier molecular flexibility index (Phi) is 8.06. The lowest BCUT2D eigenvalue weighted by atomic mass is 10.1. The van der Waals surface area contributed by atoms with Crippen molar-refractivity contribution in [3.63, 3.8) is 0 Å². The number of hydrogen-bond acceptors (Lipinski definition) is 6. The van der Waals surface area contributed by atoms with Gasteiger partial charge in [0.05, 0.1) is 23.7 Å². The van der Waals surface area contributed by atoms with E-state index in [1.165, 1.54) is 25.7 Å². The predicted molar refractivity (Wildman–Crippen MR) is 103 cm³/mol. The number of hydrogen-bond donors (Lipinski definition) is 1. The number of ether oxygens (including phenoxy) is 2. The molecule has 0 aliphatic carbocycles. The van der Waals surface area contributed by atoms with Crippen LogP contribution in [-0.2, 0) is 35.3 Å². The third kappa shape index (κ3) is 6.65. The van der Waals surface area contributed by atoms with Gasteiger partial charge in [-0.05, 0) is 31.0 Å². The third-order valence-electron chi connectivity index (χ3n) is 4.64. The minimum absolute atomic E-state index is 0.344. The summed E-state index contributed by atoms with van der Waals surface area (Å²) in [6, 6.07) is 1.77. The summed E-state index contributed by atoms with van der Waals surface area (Å²) in [5, 5.41) is 0. The Morgan fingerprint density at radius 2 is 1.77 bits per heavy atom. The first-order valence-corrected chi connectivity index (χ1v) is 11.1. The molecule has 1 amide bonds. The Balaban J connectivity index is 2.14. The van der Waals surface area contributed by atoms with Gasteiger partial charge in [0, 0.05) is 13.1 Å². The molecule has 2 rings (SSSR count). The van der Waals surface area contributed by atoms with Gasteiger partial charge < -0.3 is 14.4 Å². The number of rotatable bonds is 7. The first-order chi connectivity index (χ1) is 14.3. The number of carbonyl (C=O) groups is 2. The zero-order valence-corrected chi connectivity index (χ0v) is 18.1. The lowest BCUT2D eigenvalue weighted by Crippen LogP contribution is -2.49. The Labute approximate surface area is 178 Å². The van der Waals surface area contributed by atoms with Crippen molar-refractivity contribution in [2.75, 3.05) is 26.3 Å². The van der Waals surface area contributed by atoms with Crippen molar-refractivity contribution in [3.8, 4) is 0 Å². The molecular weight excluding hydrogens is 441 g/mol. The molecule has 0 unspecified atom stereocenters. The van der Waals surface area contributed by atoms with Gasteiger partial charge in [0.1, 0.15) is 6.04 Å². The quantitative estimate of drug-likeness (QED) is 0.615. The molecule has 31 heavy (non-hydrogen) atoms. The number of halogens is 3. The molecule has 0 spiro atoms. The average Bonchev–Trinajstić information content (AvgIpc) is 2.71. The Morgan fingerprint density at radius 1 is 1.16 bits per heavy atom. The van der Waals surface area contributed by atoms with Crippen molar-refractivity contribution in [2.24, 2.45) is 5.92 Å². The van der Waals surface area contributed by atoms with Crippen molar-refractivity contribution in [2.45, 2.75) is 44.0 Å². The molecule has 12 heteroatoms. The molecule has 1 aliphatic heterocycles. The average molecular weight is 466 g/mol. The summed E-state index contributed by atoms with van der Waals surface area (Å²) in [4.78, 5) is 25.8. The van der Waals surface area contributed by atoms with Gasteiger partial charge in [-0.2, -0.15) is 17.9 Å². The second kappa shape index (κ2) is 9.96. The second-order valence-electron chi connectivity index (χ2n) is 7.39. The van der Waals surface area contributed by atoms with Gasteiger partial charge in [0.2, 0.25) is 10.0 Å². The number of esters is 1. The lowest BCUT2D eigenvalue weighted by molar-refractivity contribution is -0.162. The fraction of sp³-hybridized carbons (Fsp3) is 0.579. The summed E-state index contributed by atoms with van der Waals surface area (Å²) in [6.45, 7) is 5.85. The van der Waals surface area contributed by atoms with E-state index < -0.39 is 56.6 Å². The first-order valence-electron chi connectivity index (χ1n) is 9.59. The minimum Gasteiger partial charge on any atom is -0.451 e. The predicted octanol–water partition coefficient (Wildman–Crippen LogP) is 1.80. The molecule has 1 N–H and O–H groups in total. The zero-order valence-electron chi connectivity index (χ0n) is 17.3. The van der Waals surface area contributed by atoms with E-state index in [2.05, 4.69) is 4.72 Å². The van der Waals surface area contributed by atoms with E-state index in [4.69, 9.17) is 9.47 Å². The highest BCUT2D eigenvalue weighted by molar-refractivity contribution is 7.89. The number of nitrogens with zero attached hydrogens (tertiary/aromatic N) is 1. The Morgan fingerprint density at radius 3 is 2.32 bits per heavy atom. The highest BCUT2D eigenvalue weighted by Crippen LogP contribution is 2.30. The number of carbonyl (C=O) groups excluding carboxylic acids is 2. The van der Waals surface area contributed by atoms with Crippen LogP contribution in [0.3, 0.4) is 0 Å². The van der Waals surface area contributed by atoms with E-state index in [0.29, 0.717) is 32.4 Å². The second-order valence-corrected chi connectivity index (χ2v) is 9.10. The van der Waals surface area contributed by atoms with Gasteiger partial charge in [0.15, 0.2) is 6.10 Å². The molecule has 1 aromatic carbocycles. The standard InChI is InChI=1S/C19H25F3N2O6S/c1-12(2)16(18(26)30-13(3)17(25)24-7-9-29-10-8-24)23-31(27,28)15-6-4-5-14(11-15)19(20,21)22/h4-6,11-13,16,23H,7-10H2,1-3H3/t13-,16-/m1/s1. The molecule has 0 radical (unpaired) electrons. The molecule has 2 atom stereocenters. The SMILES string of the molecule is CC(C)[C@@H](NS(=O)(=O)c1cccc(C(F)(F)F)c1)C(=O)O[C@H](C)C(=O)N1CCOCC1. The van der Waals surface area contributed by atoms with Crippen LogP contribution >= 0.6 is 0 Å². The van der Waals surface area contributed by atoms with Gasteiger partial charge in [-0.1, -0.05) is 19.9 Å². The van der Waals surface area contributed by atoms with E-state index in [0.717, 1.165) is 18.2 Å². The summed E-state index contributed by atoms with van der Waals surface area (Å²) in [6.07, 6.45) is -5.89. The van der Waals surface area contributed by atoms with E-state index in [1.54, 1.807) is 0 Å². The minimum atomic E-state index is -4.73. The molecule has 174 valence electrons. The summed E-state index contributed by atoms with van der Waals surface area (Å²) in [5.41, 5.74) is -1.14. The Hall–Kier alpha value is -2.18. The molecule has 8 nitrogen and oxygen atoms in total. The third-order valence-corrected chi connectivity index (χ3v) is 6.08. The zero-order chi connectivity index (χ0) is 23.4. The van der Waals surface area contributed by atoms with Crippen molar-refractivity contribution >= 4 is 21.9 Å². The molecule has 1 aromatic rings. The summed E-state index contributed by atoms with van der Waals surface area (Å²) in [5.74, 6) is -2.04. The molecular formula is C19H25F3N2O6S. The molecule has 1 heterocycles. The van der Waals surface area contributed by atoms with E-state index in [9.17, 15) is 31.2 Å². The van der Waals surface area contributed by atoms with Crippen LogP contribution in [0.15, 0.2) is 29.2 Å². The maximum Gasteiger partial charge on any atom is 0.416 e. The van der Waals surface area contributed by atoms with Crippen molar-refractivity contribution in [1.29, 1.82) is 0 Å². The number of alkyl halides is 3. The summed E-state index contributed by atoms with van der Waals surface area (Å²) in [7, 11) is -4.47. The molecule has 0 aromatic heterocycles. The van der Waals surface area contributed by atoms with Crippen molar-refractivity contribution in [3.05, 3.63) is 29.8 Å². The topological polar surface area (TPSA) is 102 Å². The number of sulfonamides is 1. The van der Waals surface area contributed by atoms with Gasteiger partial charge in [0.25, 0.3) is 5.91 Å². The van der Waals surface area contributed by atoms with E-state index in [-0.39, 0.29) is 0 Å². The number of morpholine rings is 1. The molecule has 1 fully saturated rings. The van der Waals surface area contributed by atoms with Gasteiger partial charge >= 0.3 is 12.1 Å². The molecule has 0 saturated carbocycles. The molecule has 1 saturated heterocycles. The van der Waals surface area contributed by atoms with Crippen molar-refractivity contribution < 1.29 is 40.7 Å². The maximum absolute atomic E-state index is 12.9. The Bertz CT molecular complexity index is 898. The lowest BCUT2D eigenvalue weighted by Gasteiger charge is -2.30. The van der Waals surface area contributed by atoms with Crippen LogP contribution in [-0.4, -0.2) is 63.6 Å². The first kappa shape index (κ1) is 25.1. The van der Waals surface area contributed by atoms with Gasteiger partial charge in [-0.3, -0.25) is 9.59 Å². The van der Waals surface area contributed by atoms with Crippen LogP contribution in [0.25, 0.3) is 0 Å². The van der Waals surface area contributed by atoms with Gasteiger partial charge in [-0.15, -0.1) is 0 Å². The smallest absolute Gasteiger partial charge is 0.416 e. The van der Waals surface area contributed by atoms with Crippen LogP contribution in [0.4, 0.5) is 13.2 Å². The highest BCUT2D eigenvalue weighted by atomic mass is 32.2. The van der Waals surface area contributed by atoms with E-state index in [1.807, 2.05) is 0 Å². The molecule has 0 bridgehead atoms. The number of benzene rings is 1. The fourth-order valence-corrected chi connectivity index (χ4v) is 4.25. The monoisotopic (exact) mass is 466 g/mol. The number of nitrogens with one attached hydrogen (secondary N) is 1. The fourth-order valence-electron chi connectivity index (χ4n) is 2.87. The van der Waals surface area contributed by atoms with Gasteiger partial charge in [-0.25, -0.2) is 8.42 Å². The van der Waals surface area contributed by atoms with Crippen LogP contribution in [0.2, 0.25) is 0 Å². The largest absolute Gasteiger partial charge is 0.451 e. The normalized spacial score (nSPS) is 17.3. The maximum atomic E-state index is 12.9. The van der Waals surface area contributed by atoms with Crippen LogP contribution in [0.5, 0.6) is 0 Å². The van der Waals surface area contributed by atoms with Crippen molar-refractivity contribution in [1.82, 2.24) is 9.62 Å². The number of amides is 1. The van der Waals surface area contributed by atoms with Crippen LogP contribution < -0.4 is 4.72 Å².